The molecule has 3 heteroatoms. The van der Waals surface area contributed by atoms with Crippen LogP contribution in [0.4, 0.5) is 0 Å². The summed E-state index contributed by atoms with van der Waals surface area (Å²) in [5.41, 5.74) is 1.98. The average molecular weight is 272 g/mol. The van der Waals surface area contributed by atoms with Gasteiger partial charge in [0.2, 0.25) is 0 Å². The first-order valence-corrected chi connectivity index (χ1v) is 7.36. The Morgan fingerprint density at radius 3 is 2.25 bits per heavy atom. The van der Waals surface area contributed by atoms with E-state index in [1.807, 2.05) is 0 Å². The number of rotatable bonds is 3. The lowest BCUT2D eigenvalue weighted by atomic mass is 9.82. The Kier molecular flexibility index (Phi) is 3.36. The van der Waals surface area contributed by atoms with Crippen LogP contribution in [0.15, 0.2) is 24.3 Å². The number of hydrogen-bond acceptors (Lipinski definition) is 3. The summed E-state index contributed by atoms with van der Waals surface area (Å²) in [7, 11) is 1.45. The first-order valence-electron chi connectivity index (χ1n) is 7.36. The van der Waals surface area contributed by atoms with Gasteiger partial charge in [0.05, 0.1) is 12.5 Å². The summed E-state index contributed by atoms with van der Waals surface area (Å²) in [4.78, 5) is 23.1. The highest BCUT2D eigenvalue weighted by atomic mass is 16.5. The van der Waals surface area contributed by atoms with Crippen LogP contribution in [0.3, 0.4) is 0 Å². The summed E-state index contributed by atoms with van der Waals surface area (Å²) in [6, 6.07) is 8.38. The lowest BCUT2D eigenvalue weighted by molar-refractivity contribution is -0.143. The van der Waals surface area contributed by atoms with Gasteiger partial charge in [-0.25, -0.2) is 0 Å². The predicted octanol–water partition coefficient (Wildman–Crippen LogP) is 3.12. The topological polar surface area (TPSA) is 43.4 Å². The van der Waals surface area contributed by atoms with Crippen molar-refractivity contribution < 1.29 is 14.3 Å². The molecular formula is C17H20O3. The molecule has 0 saturated heterocycles. The minimum Gasteiger partial charge on any atom is -0.468 e. The highest BCUT2D eigenvalue weighted by Gasteiger charge is 2.52. The number of esters is 1. The zero-order chi connectivity index (χ0) is 14.2. The molecule has 20 heavy (non-hydrogen) atoms. The van der Waals surface area contributed by atoms with Gasteiger partial charge in [0.25, 0.3) is 0 Å². The molecule has 1 aromatic rings. The molecule has 0 atom stereocenters. The second-order valence-electron chi connectivity index (χ2n) is 6.01. The normalized spacial score (nSPS) is 21.6. The van der Waals surface area contributed by atoms with Gasteiger partial charge in [0.1, 0.15) is 5.78 Å². The SMILES string of the molecule is COC(=O)C1(c2ccc(C3CCC(=O)CC3)cc2)CC1. The van der Waals surface area contributed by atoms with Gasteiger partial charge in [-0.15, -0.1) is 0 Å². The van der Waals surface area contributed by atoms with E-state index in [9.17, 15) is 9.59 Å². The molecule has 2 aliphatic carbocycles. The minimum atomic E-state index is -0.379. The van der Waals surface area contributed by atoms with Crippen molar-refractivity contribution >= 4 is 11.8 Å². The van der Waals surface area contributed by atoms with Crippen LogP contribution in [0.5, 0.6) is 0 Å². The maximum Gasteiger partial charge on any atom is 0.316 e. The lowest BCUT2D eigenvalue weighted by Crippen LogP contribution is -2.21. The van der Waals surface area contributed by atoms with Gasteiger partial charge >= 0.3 is 5.97 Å². The zero-order valence-corrected chi connectivity index (χ0v) is 11.9. The first kappa shape index (κ1) is 13.3. The van der Waals surface area contributed by atoms with E-state index in [0.717, 1.165) is 31.2 Å². The van der Waals surface area contributed by atoms with E-state index < -0.39 is 0 Å². The molecule has 0 unspecified atom stereocenters. The van der Waals surface area contributed by atoms with Crippen LogP contribution >= 0.6 is 0 Å². The Morgan fingerprint density at radius 2 is 1.75 bits per heavy atom. The van der Waals surface area contributed by atoms with Crippen LogP contribution in [0.2, 0.25) is 0 Å². The quantitative estimate of drug-likeness (QED) is 0.794. The smallest absolute Gasteiger partial charge is 0.316 e. The molecule has 0 bridgehead atoms. The lowest BCUT2D eigenvalue weighted by Gasteiger charge is -2.22. The van der Waals surface area contributed by atoms with E-state index in [-0.39, 0.29) is 11.4 Å². The van der Waals surface area contributed by atoms with E-state index in [0.29, 0.717) is 24.5 Å². The second kappa shape index (κ2) is 5.04. The number of benzene rings is 1. The van der Waals surface area contributed by atoms with E-state index in [1.54, 1.807) is 0 Å². The van der Waals surface area contributed by atoms with Gasteiger partial charge in [-0.3, -0.25) is 9.59 Å². The van der Waals surface area contributed by atoms with Crippen LogP contribution in [0, 0.1) is 0 Å². The number of Topliss-reactive ketones (excluding diaryl/α,β-unsaturated/α-hetero) is 1. The standard InChI is InChI=1S/C17H20O3/c1-20-16(19)17(10-11-17)14-6-2-12(3-7-14)13-4-8-15(18)9-5-13/h2-3,6-7,13H,4-5,8-11H2,1H3. The van der Waals surface area contributed by atoms with Gasteiger partial charge in [-0.05, 0) is 42.7 Å². The average Bonchev–Trinajstić information content (AvgIpc) is 3.29. The van der Waals surface area contributed by atoms with E-state index in [4.69, 9.17) is 4.74 Å². The Bertz CT molecular complexity index is 516. The molecule has 1 aromatic carbocycles. The number of carbonyl (C=O) groups excluding carboxylic acids is 2. The molecule has 106 valence electrons. The number of hydrogen-bond donors (Lipinski definition) is 0. The Balaban J connectivity index is 1.75. The van der Waals surface area contributed by atoms with Gasteiger partial charge < -0.3 is 4.74 Å². The van der Waals surface area contributed by atoms with E-state index in [2.05, 4.69) is 24.3 Å². The molecule has 0 amide bonds. The summed E-state index contributed by atoms with van der Waals surface area (Å²) in [6.07, 6.45) is 5.10. The molecule has 0 heterocycles. The fourth-order valence-corrected chi connectivity index (χ4v) is 3.28. The van der Waals surface area contributed by atoms with Gasteiger partial charge in [0, 0.05) is 12.8 Å². The van der Waals surface area contributed by atoms with Crippen molar-refractivity contribution in [1.82, 2.24) is 0 Å². The number of carbonyl (C=O) groups is 2. The van der Waals surface area contributed by atoms with Crippen molar-refractivity contribution in [2.75, 3.05) is 7.11 Å². The third kappa shape index (κ3) is 2.26. The molecule has 3 nitrogen and oxygen atoms in total. The van der Waals surface area contributed by atoms with Gasteiger partial charge in [-0.1, -0.05) is 24.3 Å². The van der Waals surface area contributed by atoms with Crippen LogP contribution in [0.25, 0.3) is 0 Å². The second-order valence-corrected chi connectivity index (χ2v) is 6.01. The van der Waals surface area contributed by atoms with Crippen LogP contribution in [0.1, 0.15) is 55.6 Å². The minimum absolute atomic E-state index is 0.117. The number of methoxy groups -OCH3 is 1. The largest absolute Gasteiger partial charge is 0.468 e. The van der Waals surface area contributed by atoms with Crippen LogP contribution in [-0.4, -0.2) is 18.9 Å². The molecule has 0 spiro atoms. The van der Waals surface area contributed by atoms with Crippen molar-refractivity contribution in [3.8, 4) is 0 Å². The van der Waals surface area contributed by atoms with Crippen molar-refractivity contribution in [3.63, 3.8) is 0 Å². The molecule has 2 aliphatic rings. The van der Waals surface area contributed by atoms with E-state index in [1.165, 1.54) is 12.7 Å². The molecule has 0 aliphatic heterocycles. The number of ketones is 1. The summed E-state index contributed by atoms with van der Waals surface area (Å²) in [6.45, 7) is 0. The molecule has 2 fully saturated rings. The summed E-state index contributed by atoms with van der Waals surface area (Å²) in [5.74, 6) is 0.768. The summed E-state index contributed by atoms with van der Waals surface area (Å²) >= 11 is 0. The van der Waals surface area contributed by atoms with Gasteiger partial charge in [-0.2, -0.15) is 0 Å². The first-order chi connectivity index (χ1) is 9.65. The number of ether oxygens (including phenoxy) is 1. The molecular weight excluding hydrogens is 252 g/mol. The maximum atomic E-state index is 11.9. The van der Waals surface area contributed by atoms with E-state index >= 15 is 0 Å². The third-order valence-corrected chi connectivity index (χ3v) is 4.80. The Morgan fingerprint density at radius 1 is 1.15 bits per heavy atom. The fraction of sp³-hybridized carbons (Fsp3) is 0.529. The Labute approximate surface area is 119 Å². The zero-order valence-electron chi connectivity index (χ0n) is 11.9. The molecule has 3 rings (SSSR count). The van der Waals surface area contributed by atoms with Crippen molar-refractivity contribution in [2.45, 2.75) is 49.9 Å². The Hall–Kier alpha value is -1.64. The predicted molar refractivity (Wildman–Crippen MR) is 75.6 cm³/mol. The highest BCUT2D eigenvalue weighted by molar-refractivity contribution is 5.86. The maximum absolute atomic E-state index is 11.9. The molecule has 0 aromatic heterocycles. The van der Waals surface area contributed by atoms with Crippen molar-refractivity contribution in [1.29, 1.82) is 0 Å². The fourth-order valence-electron chi connectivity index (χ4n) is 3.28. The highest BCUT2D eigenvalue weighted by Crippen LogP contribution is 2.49. The van der Waals surface area contributed by atoms with Crippen LogP contribution in [-0.2, 0) is 19.7 Å². The molecule has 0 N–H and O–H groups in total. The summed E-state index contributed by atoms with van der Waals surface area (Å²) in [5, 5.41) is 0. The summed E-state index contributed by atoms with van der Waals surface area (Å²) < 4.78 is 4.91. The molecule has 2 saturated carbocycles. The van der Waals surface area contributed by atoms with Gasteiger partial charge in [0.15, 0.2) is 0 Å². The third-order valence-electron chi connectivity index (χ3n) is 4.80. The molecule has 0 radical (unpaired) electrons. The van der Waals surface area contributed by atoms with Crippen LogP contribution < -0.4 is 0 Å². The monoisotopic (exact) mass is 272 g/mol. The van der Waals surface area contributed by atoms with Crippen molar-refractivity contribution in [3.05, 3.63) is 35.4 Å². The van der Waals surface area contributed by atoms with Crippen molar-refractivity contribution in [2.24, 2.45) is 0 Å².